The van der Waals surface area contributed by atoms with Gasteiger partial charge >= 0.3 is 5.97 Å². The van der Waals surface area contributed by atoms with Gasteiger partial charge in [0.1, 0.15) is 11.7 Å². The predicted molar refractivity (Wildman–Crippen MR) is 68.9 cm³/mol. The Labute approximate surface area is 111 Å². The summed E-state index contributed by atoms with van der Waals surface area (Å²) in [7, 11) is 0. The van der Waals surface area contributed by atoms with Crippen molar-refractivity contribution in [2.75, 3.05) is 0 Å². The second kappa shape index (κ2) is 6.44. The number of nitrogens with one attached hydrogen (secondary N) is 1. The summed E-state index contributed by atoms with van der Waals surface area (Å²) in [6.45, 7) is 4.35. The topological polar surface area (TPSA) is 71.3 Å². The number of carbonyl (C=O) groups excluding carboxylic acids is 1. The van der Waals surface area contributed by atoms with E-state index < -0.39 is 17.9 Å². The van der Waals surface area contributed by atoms with Crippen LogP contribution >= 0.6 is 11.6 Å². The lowest BCUT2D eigenvalue weighted by atomic mass is 10.1. The molecule has 0 aliphatic heterocycles. The van der Waals surface area contributed by atoms with Crippen molar-refractivity contribution in [2.45, 2.75) is 39.3 Å². The number of aliphatic carboxylic acids is 1. The molecule has 0 saturated heterocycles. The lowest BCUT2D eigenvalue weighted by Gasteiger charge is -2.14. The molecule has 1 heterocycles. The van der Waals surface area contributed by atoms with Crippen LogP contribution in [0.3, 0.4) is 0 Å². The number of aryl methyl sites for hydroxylation is 1. The van der Waals surface area contributed by atoms with E-state index in [9.17, 15) is 9.59 Å². The molecule has 1 amide bonds. The van der Waals surface area contributed by atoms with Crippen molar-refractivity contribution >= 4 is 23.5 Å². The fourth-order valence-corrected chi connectivity index (χ4v) is 1.93. The summed E-state index contributed by atoms with van der Waals surface area (Å²) in [5.74, 6) is -1.43. The number of carboxylic acid groups (broad SMARTS) is 1. The van der Waals surface area contributed by atoms with Gasteiger partial charge in [-0.2, -0.15) is 0 Å². The number of carboxylic acids is 1. The molecule has 0 fully saturated rings. The minimum absolute atomic E-state index is 0.379. The molecule has 1 aromatic rings. The Morgan fingerprint density at radius 3 is 2.67 bits per heavy atom. The van der Waals surface area contributed by atoms with Crippen LogP contribution in [0.25, 0.3) is 0 Å². The highest BCUT2D eigenvalue weighted by molar-refractivity contribution is 6.31. The van der Waals surface area contributed by atoms with Crippen LogP contribution in [0, 0.1) is 0 Å². The number of aromatic nitrogens is 1. The molecule has 1 atom stereocenters. The molecule has 0 spiro atoms. The Morgan fingerprint density at radius 2 is 2.17 bits per heavy atom. The summed E-state index contributed by atoms with van der Waals surface area (Å²) in [5, 5.41) is 12.0. The molecule has 1 rings (SSSR count). The zero-order chi connectivity index (χ0) is 13.7. The molecule has 1 aromatic heterocycles. The van der Waals surface area contributed by atoms with Crippen LogP contribution in [0.2, 0.25) is 5.02 Å². The fourth-order valence-electron chi connectivity index (χ4n) is 1.71. The summed E-state index contributed by atoms with van der Waals surface area (Å²) in [5.41, 5.74) is 0.379. The van der Waals surface area contributed by atoms with Crippen molar-refractivity contribution in [3.05, 3.63) is 23.0 Å². The van der Waals surface area contributed by atoms with E-state index in [1.165, 1.54) is 6.07 Å². The second-order valence-electron chi connectivity index (χ2n) is 3.98. The van der Waals surface area contributed by atoms with Gasteiger partial charge in [0.05, 0.1) is 5.02 Å². The monoisotopic (exact) mass is 272 g/mol. The Hall–Kier alpha value is -1.49. The molecule has 0 aliphatic carbocycles. The lowest BCUT2D eigenvalue weighted by molar-refractivity contribution is -0.139. The summed E-state index contributed by atoms with van der Waals surface area (Å²) in [4.78, 5) is 22.9. The van der Waals surface area contributed by atoms with Gasteiger partial charge in [-0.15, -0.1) is 0 Å². The highest BCUT2D eigenvalue weighted by Gasteiger charge is 2.21. The Balaban J connectivity index is 2.83. The maximum Gasteiger partial charge on any atom is 0.326 e. The number of rotatable bonds is 6. The summed E-state index contributed by atoms with van der Waals surface area (Å²) in [6, 6.07) is 0.673. The first-order valence-electron chi connectivity index (χ1n) is 5.88. The maximum atomic E-state index is 12.0. The van der Waals surface area contributed by atoms with E-state index in [-0.39, 0.29) is 0 Å². The van der Waals surface area contributed by atoms with Crippen molar-refractivity contribution in [3.63, 3.8) is 0 Å². The summed E-state index contributed by atoms with van der Waals surface area (Å²) in [6.07, 6.45) is 2.74. The third kappa shape index (κ3) is 3.50. The molecule has 18 heavy (non-hydrogen) atoms. The van der Waals surface area contributed by atoms with E-state index in [0.717, 1.165) is 0 Å². The minimum atomic E-state index is -1.02. The zero-order valence-corrected chi connectivity index (χ0v) is 11.2. The number of hydrogen-bond acceptors (Lipinski definition) is 2. The average molecular weight is 273 g/mol. The van der Waals surface area contributed by atoms with E-state index >= 15 is 0 Å². The number of nitrogens with zero attached hydrogens (tertiary/aromatic N) is 1. The van der Waals surface area contributed by atoms with Gasteiger partial charge in [-0.3, -0.25) is 4.79 Å². The standard InChI is InChI=1S/C12H17ClN2O3/c1-3-5-9(12(17)18)14-11(16)10-6-8(13)7-15(10)4-2/h6-7,9H,3-5H2,1-2H3,(H,14,16)(H,17,18)/t9-/m0/s1. The van der Waals surface area contributed by atoms with Gasteiger partial charge in [0.25, 0.3) is 5.91 Å². The summed E-state index contributed by atoms with van der Waals surface area (Å²) >= 11 is 5.83. The molecule has 100 valence electrons. The van der Waals surface area contributed by atoms with Crippen LogP contribution < -0.4 is 5.32 Å². The molecule has 0 aliphatic rings. The number of amides is 1. The molecule has 2 N–H and O–H groups in total. The summed E-state index contributed by atoms with van der Waals surface area (Å²) < 4.78 is 1.68. The van der Waals surface area contributed by atoms with Gasteiger partial charge in [-0.1, -0.05) is 24.9 Å². The van der Waals surface area contributed by atoms with Gasteiger partial charge in [0.15, 0.2) is 0 Å². The Kier molecular flexibility index (Phi) is 5.22. The van der Waals surface area contributed by atoms with E-state index in [2.05, 4.69) is 5.32 Å². The molecule has 0 unspecified atom stereocenters. The van der Waals surface area contributed by atoms with Crippen LogP contribution in [-0.2, 0) is 11.3 Å². The van der Waals surface area contributed by atoms with Crippen molar-refractivity contribution in [3.8, 4) is 0 Å². The molecule has 0 bridgehead atoms. The maximum absolute atomic E-state index is 12.0. The number of hydrogen-bond donors (Lipinski definition) is 2. The third-order valence-electron chi connectivity index (χ3n) is 2.62. The smallest absolute Gasteiger partial charge is 0.326 e. The van der Waals surface area contributed by atoms with Gasteiger partial charge in [-0.25, -0.2) is 4.79 Å². The predicted octanol–water partition coefficient (Wildman–Crippen LogP) is 2.14. The number of carbonyl (C=O) groups is 2. The first-order valence-corrected chi connectivity index (χ1v) is 6.26. The molecule has 0 radical (unpaired) electrons. The first-order chi connectivity index (χ1) is 8.49. The quantitative estimate of drug-likeness (QED) is 0.833. The van der Waals surface area contributed by atoms with E-state index in [1.54, 1.807) is 10.8 Å². The highest BCUT2D eigenvalue weighted by Crippen LogP contribution is 2.14. The normalized spacial score (nSPS) is 12.2. The van der Waals surface area contributed by atoms with Crippen LogP contribution in [0.5, 0.6) is 0 Å². The van der Waals surface area contributed by atoms with Crippen molar-refractivity contribution < 1.29 is 14.7 Å². The van der Waals surface area contributed by atoms with Crippen LogP contribution in [0.15, 0.2) is 12.3 Å². The first kappa shape index (κ1) is 14.6. The molecular formula is C12H17ClN2O3. The zero-order valence-electron chi connectivity index (χ0n) is 10.4. The van der Waals surface area contributed by atoms with Crippen LogP contribution in [0.1, 0.15) is 37.2 Å². The largest absolute Gasteiger partial charge is 0.480 e. The Morgan fingerprint density at radius 1 is 1.50 bits per heavy atom. The molecule has 0 saturated carbocycles. The van der Waals surface area contributed by atoms with Crippen LogP contribution in [0.4, 0.5) is 0 Å². The molecule has 6 heteroatoms. The van der Waals surface area contributed by atoms with Crippen molar-refractivity contribution in [2.24, 2.45) is 0 Å². The van der Waals surface area contributed by atoms with Gasteiger partial charge in [-0.05, 0) is 19.4 Å². The van der Waals surface area contributed by atoms with Crippen molar-refractivity contribution in [1.29, 1.82) is 0 Å². The fraction of sp³-hybridized carbons (Fsp3) is 0.500. The number of halogens is 1. The average Bonchev–Trinajstić information content (AvgIpc) is 2.69. The molecule has 0 aromatic carbocycles. The van der Waals surface area contributed by atoms with Gasteiger partial charge < -0.3 is 15.0 Å². The SMILES string of the molecule is CCC[C@H](NC(=O)c1cc(Cl)cn1CC)C(=O)O. The second-order valence-corrected chi connectivity index (χ2v) is 4.42. The lowest BCUT2D eigenvalue weighted by Crippen LogP contribution is -2.41. The Bertz CT molecular complexity index is 443. The minimum Gasteiger partial charge on any atom is -0.480 e. The van der Waals surface area contributed by atoms with Crippen LogP contribution in [-0.4, -0.2) is 27.6 Å². The molecular weight excluding hydrogens is 256 g/mol. The molecule has 5 nitrogen and oxygen atoms in total. The van der Waals surface area contributed by atoms with Crippen molar-refractivity contribution in [1.82, 2.24) is 9.88 Å². The van der Waals surface area contributed by atoms with E-state index in [0.29, 0.717) is 30.1 Å². The van der Waals surface area contributed by atoms with E-state index in [4.69, 9.17) is 16.7 Å². The van der Waals surface area contributed by atoms with Gasteiger partial charge in [0.2, 0.25) is 0 Å². The van der Waals surface area contributed by atoms with Gasteiger partial charge in [0, 0.05) is 12.7 Å². The van der Waals surface area contributed by atoms with E-state index in [1.807, 2.05) is 13.8 Å². The third-order valence-corrected chi connectivity index (χ3v) is 2.82. The highest BCUT2D eigenvalue weighted by atomic mass is 35.5.